The Morgan fingerprint density at radius 2 is 2.31 bits per heavy atom. The van der Waals surface area contributed by atoms with Crippen LogP contribution >= 0.6 is 0 Å². The van der Waals surface area contributed by atoms with E-state index in [0.717, 1.165) is 26.2 Å². The SMILES string of the molecule is CCN(CC1CCCCN1)CC(C)C(N)=O. The molecule has 94 valence electrons. The van der Waals surface area contributed by atoms with E-state index in [1.54, 1.807) is 0 Å². The Bertz CT molecular complexity index is 214. The molecule has 1 amide bonds. The number of primary amides is 1. The van der Waals surface area contributed by atoms with Gasteiger partial charge in [0.05, 0.1) is 0 Å². The monoisotopic (exact) mass is 227 g/mol. The third kappa shape index (κ3) is 4.49. The summed E-state index contributed by atoms with van der Waals surface area (Å²) in [6.07, 6.45) is 3.86. The molecule has 0 aromatic heterocycles. The molecule has 16 heavy (non-hydrogen) atoms. The highest BCUT2D eigenvalue weighted by Crippen LogP contribution is 2.09. The zero-order chi connectivity index (χ0) is 12.0. The Morgan fingerprint density at radius 1 is 1.56 bits per heavy atom. The first kappa shape index (κ1) is 13.5. The van der Waals surface area contributed by atoms with E-state index in [2.05, 4.69) is 17.1 Å². The Kier molecular flexibility index (Phi) is 5.77. The minimum atomic E-state index is -0.199. The first-order chi connectivity index (χ1) is 7.63. The average molecular weight is 227 g/mol. The standard InChI is InChI=1S/C12H25N3O/c1-3-15(8-10(2)12(13)16)9-11-6-4-5-7-14-11/h10-11,14H,3-9H2,1-2H3,(H2,13,16). The van der Waals surface area contributed by atoms with Gasteiger partial charge in [0.1, 0.15) is 0 Å². The minimum absolute atomic E-state index is 0.0523. The van der Waals surface area contributed by atoms with Gasteiger partial charge in [-0.25, -0.2) is 0 Å². The van der Waals surface area contributed by atoms with Gasteiger partial charge in [-0.05, 0) is 25.9 Å². The lowest BCUT2D eigenvalue weighted by atomic mass is 10.0. The molecule has 0 radical (unpaired) electrons. The lowest BCUT2D eigenvalue weighted by Gasteiger charge is -2.30. The van der Waals surface area contributed by atoms with Crippen LogP contribution in [-0.2, 0) is 4.79 Å². The maximum atomic E-state index is 11.0. The van der Waals surface area contributed by atoms with Crippen molar-refractivity contribution in [2.75, 3.05) is 26.2 Å². The summed E-state index contributed by atoms with van der Waals surface area (Å²) in [5.41, 5.74) is 5.29. The first-order valence-electron chi connectivity index (χ1n) is 6.38. The van der Waals surface area contributed by atoms with E-state index < -0.39 is 0 Å². The summed E-state index contributed by atoms with van der Waals surface area (Å²) in [5, 5.41) is 3.53. The molecule has 2 atom stereocenters. The molecule has 4 nitrogen and oxygen atoms in total. The Labute approximate surface area is 98.6 Å². The average Bonchev–Trinajstić information content (AvgIpc) is 2.29. The zero-order valence-corrected chi connectivity index (χ0v) is 10.5. The molecule has 1 aliphatic heterocycles. The van der Waals surface area contributed by atoms with E-state index in [1.807, 2.05) is 6.92 Å². The summed E-state index contributed by atoms with van der Waals surface area (Å²) in [7, 11) is 0. The molecule has 1 saturated heterocycles. The van der Waals surface area contributed by atoms with Crippen molar-refractivity contribution in [3.8, 4) is 0 Å². The topological polar surface area (TPSA) is 58.4 Å². The van der Waals surface area contributed by atoms with Crippen molar-refractivity contribution in [1.29, 1.82) is 0 Å². The van der Waals surface area contributed by atoms with Crippen molar-refractivity contribution < 1.29 is 4.79 Å². The number of likely N-dealkylation sites (N-methyl/N-ethyl adjacent to an activating group) is 1. The fourth-order valence-electron chi connectivity index (χ4n) is 2.20. The summed E-state index contributed by atoms with van der Waals surface area (Å²) in [4.78, 5) is 13.3. The Hall–Kier alpha value is -0.610. The van der Waals surface area contributed by atoms with Gasteiger partial charge in [-0.2, -0.15) is 0 Å². The van der Waals surface area contributed by atoms with Crippen LogP contribution in [0.3, 0.4) is 0 Å². The molecule has 1 fully saturated rings. The second kappa shape index (κ2) is 6.86. The smallest absolute Gasteiger partial charge is 0.221 e. The van der Waals surface area contributed by atoms with Gasteiger partial charge in [0, 0.05) is 25.0 Å². The highest BCUT2D eigenvalue weighted by molar-refractivity contribution is 5.76. The van der Waals surface area contributed by atoms with E-state index in [1.165, 1.54) is 19.3 Å². The van der Waals surface area contributed by atoms with Crippen LogP contribution in [0.4, 0.5) is 0 Å². The molecule has 0 spiro atoms. The van der Waals surface area contributed by atoms with Crippen LogP contribution in [0.5, 0.6) is 0 Å². The number of nitrogens with zero attached hydrogens (tertiary/aromatic N) is 1. The molecule has 0 aliphatic carbocycles. The largest absolute Gasteiger partial charge is 0.369 e. The van der Waals surface area contributed by atoms with Gasteiger partial charge in [0.2, 0.25) is 5.91 Å². The van der Waals surface area contributed by atoms with E-state index in [-0.39, 0.29) is 11.8 Å². The molecule has 0 aromatic carbocycles. The van der Waals surface area contributed by atoms with Gasteiger partial charge in [-0.15, -0.1) is 0 Å². The quantitative estimate of drug-likeness (QED) is 0.697. The van der Waals surface area contributed by atoms with Crippen molar-refractivity contribution >= 4 is 5.91 Å². The second-order valence-corrected chi connectivity index (χ2v) is 4.80. The Morgan fingerprint density at radius 3 is 2.81 bits per heavy atom. The van der Waals surface area contributed by atoms with Gasteiger partial charge in [0.15, 0.2) is 0 Å². The lowest BCUT2D eigenvalue weighted by molar-refractivity contribution is -0.121. The summed E-state index contributed by atoms with van der Waals surface area (Å²) >= 11 is 0. The molecular formula is C12H25N3O. The van der Waals surface area contributed by atoms with Crippen LogP contribution in [0.1, 0.15) is 33.1 Å². The number of carbonyl (C=O) groups excluding carboxylic acids is 1. The Balaban J connectivity index is 2.32. The maximum Gasteiger partial charge on any atom is 0.221 e. The number of nitrogens with two attached hydrogens (primary N) is 1. The van der Waals surface area contributed by atoms with Crippen LogP contribution < -0.4 is 11.1 Å². The molecular weight excluding hydrogens is 202 g/mol. The molecule has 0 saturated carbocycles. The molecule has 1 heterocycles. The molecule has 1 rings (SSSR count). The summed E-state index contributed by atoms with van der Waals surface area (Å²) < 4.78 is 0. The van der Waals surface area contributed by atoms with Crippen LogP contribution in [0.15, 0.2) is 0 Å². The van der Waals surface area contributed by atoms with Crippen LogP contribution in [0.2, 0.25) is 0 Å². The number of amides is 1. The van der Waals surface area contributed by atoms with Crippen LogP contribution in [-0.4, -0.2) is 43.0 Å². The van der Waals surface area contributed by atoms with Gasteiger partial charge in [-0.1, -0.05) is 20.3 Å². The first-order valence-corrected chi connectivity index (χ1v) is 6.38. The van der Waals surface area contributed by atoms with Gasteiger partial charge in [-0.3, -0.25) is 4.79 Å². The summed E-state index contributed by atoms with van der Waals surface area (Å²) in [5.74, 6) is -0.251. The fraction of sp³-hybridized carbons (Fsp3) is 0.917. The van der Waals surface area contributed by atoms with Crippen molar-refractivity contribution in [2.24, 2.45) is 11.7 Å². The number of rotatable bonds is 6. The molecule has 4 heteroatoms. The highest BCUT2D eigenvalue weighted by atomic mass is 16.1. The van der Waals surface area contributed by atoms with E-state index in [0.29, 0.717) is 6.04 Å². The predicted octanol–water partition coefficient (Wildman–Crippen LogP) is 0.572. The van der Waals surface area contributed by atoms with Crippen molar-refractivity contribution in [3.05, 3.63) is 0 Å². The number of carbonyl (C=O) groups is 1. The highest BCUT2D eigenvalue weighted by Gasteiger charge is 2.18. The lowest BCUT2D eigenvalue weighted by Crippen LogP contribution is -2.45. The number of piperidine rings is 1. The van der Waals surface area contributed by atoms with Crippen molar-refractivity contribution in [3.63, 3.8) is 0 Å². The van der Waals surface area contributed by atoms with E-state index in [4.69, 9.17) is 5.73 Å². The second-order valence-electron chi connectivity index (χ2n) is 4.80. The van der Waals surface area contributed by atoms with E-state index >= 15 is 0 Å². The summed E-state index contributed by atoms with van der Waals surface area (Å²) in [6, 6.07) is 0.591. The van der Waals surface area contributed by atoms with Gasteiger partial charge >= 0.3 is 0 Å². The van der Waals surface area contributed by atoms with Gasteiger partial charge in [0.25, 0.3) is 0 Å². The van der Waals surface area contributed by atoms with Crippen LogP contribution in [0.25, 0.3) is 0 Å². The van der Waals surface area contributed by atoms with Gasteiger partial charge < -0.3 is 16.0 Å². The molecule has 0 aromatic rings. The number of nitrogens with one attached hydrogen (secondary N) is 1. The third-order valence-corrected chi connectivity index (χ3v) is 3.36. The predicted molar refractivity (Wildman–Crippen MR) is 66.1 cm³/mol. The normalized spacial score (nSPS) is 23.3. The molecule has 2 unspecified atom stereocenters. The number of hydrogen-bond donors (Lipinski definition) is 2. The molecule has 1 aliphatic rings. The van der Waals surface area contributed by atoms with Crippen molar-refractivity contribution in [2.45, 2.75) is 39.2 Å². The summed E-state index contributed by atoms with van der Waals surface area (Å²) in [6.45, 7) is 7.97. The molecule has 3 N–H and O–H groups in total. The third-order valence-electron chi connectivity index (χ3n) is 3.36. The molecule has 0 bridgehead atoms. The van der Waals surface area contributed by atoms with E-state index in [9.17, 15) is 4.79 Å². The number of hydrogen-bond acceptors (Lipinski definition) is 3. The maximum absolute atomic E-state index is 11.0. The minimum Gasteiger partial charge on any atom is -0.369 e. The van der Waals surface area contributed by atoms with Crippen molar-refractivity contribution in [1.82, 2.24) is 10.2 Å². The fourth-order valence-corrected chi connectivity index (χ4v) is 2.20. The van der Waals surface area contributed by atoms with Crippen LogP contribution in [0, 0.1) is 5.92 Å². The zero-order valence-electron chi connectivity index (χ0n) is 10.5.